The molecule has 6 nitrogen and oxygen atoms in total. The summed E-state index contributed by atoms with van der Waals surface area (Å²) in [5.41, 5.74) is 4.02. The third-order valence-electron chi connectivity index (χ3n) is 6.01. The van der Waals surface area contributed by atoms with Gasteiger partial charge < -0.3 is 9.88 Å². The van der Waals surface area contributed by atoms with Crippen molar-refractivity contribution in [3.63, 3.8) is 0 Å². The van der Waals surface area contributed by atoms with Crippen molar-refractivity contribution in [1.29, 1.82) is 5.26 Å². The number of nitrogens with one attached hydrogen (secondary N) is 1. The Labute approximate surface area is 186 Å². The zero-order chi connectivity index (χ0) is 21.9. The van der Waals surface area contributed by atoms with Crippen LogP contribution in [-0.2, 0) is 4.79 Å². The minimum atomic E-state index is -0.283. The Balaban J connectivity index is 1.62. The van der Waals surface area contributed by atoms with Gasteiger partial charge in [-0.15, -0.1) is 0 Å². The summed E-state index contributed by atoms with van der Waals surface area (Å²) in [7, 11) is 0. The number of benzene rings is 2. The number of para-hydroxylation sites is 2. The number of carbonyl (C=O) groups is 1. The maximum absolute atomic E-state index is 12.8. The van der Waals surface area contributed by atoms with Gasteiger partial charge in [0.05, 0.1) is 11.0 Å². The summed E-state index contributed by atoms with van der Waals surface area (Å²) < 4.78 is 2.04. The monoisotopic (exact) mass is 421 g/mol. The Morgan fingerprint density at radius 2 is 1.69 bits per heavy atom. The highest BCUT2D eigenvalue weighted by Gasteiger charge is 2.27. The van der Waals surface area contributed by atoms with E-state index in [-0.39, 0.29) is 11.9 Å². The Bertz CT molecular complexity index is 1360. The molecular formula is C26H23N5O. The maximum Gasteiger partial charge on any atom is 0.249 e. The molecule has 0 spiro atoms. The molecule has 32 heavy (non-hydrogen) atoms. The third-order valence-corrected chi connectivity index (χ3v) is 6.01. The van der Waals surface area contributed by atoms with Gasteiger partial charge in [0.1, 0.15) is 23.0 Å². The Kier molecular flexibility index (Phi) is 5.39. The van der Waals surface area contributed by atoms with E-state index in [1.54, 1.807) is 6.08 Å². The van der Waals surface area contributed by atoms with Crippen LogP contribution in [0.1, 0.15) is 49.3 Å². The van der Waals surface area contributed by atoms with Gasteiger partial charge in [0.25, 0.3) is 0 Å². The zero-order valence-corrected chi connectivity index (χ0v) is 17.7. The lowest BCUT2D eigenvalue weighted by molar-refractivity contribution is -0.111. The fourth-order valence-electron chi connectivity index (χ4n) is 4.48. The summed E-state index contributed by atoms with van der Waals surface area (Å²) in [6.45, 7) is 0. The van der Waals surface area contributed by atoms with Crippen molar-refractivity contribution >= 4 is 40.0 Å². The Hall–Kier alpha value is -3.98. The van der Waals surface area contributed by atoms with E-state index >= 15 is 0 Å². The molecule has 6 heteroatoms. The predicted octanol–water partition coefficient (Wildman–Crippen LogP) is 5.61. The second-order valence-corrected chi connectivity index (χ2v) is 8.12. The van der Waals surface area contributed by atoms with Gasteiger partial charge in [-0.3, -0.25) is 4.79 Å². The summed E-state index contributed by atoms with van der Waals surface area (Å²) in [5.74, 6) is 0.210. The van der Waals surface area contributed by atoms with E-state index in [0.717, 1.165) is 42.3 Å². The topological polar surface area (TPSA) is 83.6 Å². The summed E-state index contributed by atoms with van der Waals surface area (Å²) in [4.78, 5) is 22.5. The normalized spacial score (nSPS) is 14.7. The second-order valence-electron chi connectivity index (χ2n) is 8.12. The number of anilines is 1. The molecule has 1 N–H and O–H groups in total. The van der Waals surface area contributed by atoms with Gasteiger partial charge in [0.2, 0.25) is 5.91 Å². The van der Waals surface area contributed by atoms with Crippen molar-refractivity contribution < 1.29 is 4.79 Å². The molecular weight excluding hydrogens is 398 g/mol. The molecule has 2 aromatic carbocycles. The van der Waals surface area contributed by atoms with Crippen LogP contribution in [0.25, 0.3) is 28.3 Å². The molecule has 1 fully saturated rings. The number of rotatable bonds is 4. The number of amides is 1. The van der Waals surface area contributed by atoms with E-state index in [9.17, 15) is 10.1 Å². The van der Waals surface area contributed by atoms with E-state index in [0.29, 0.717) is 22.5 Å². The predicted molar refractivity (Wildman–Crippen MR) is 126 cm³/mol. The molecule has 1 amide bonds. The maximum atomic E-state index is 12.8. The van der Waals surface area contributed by atoms with Crippen LogP contribution in [-0.4, -0.2) is 20.4 Å². The number of hydrogen-bond acceptors (Lipinski definition) is 4. The van der Waals surface area contributed by atoms with Crippen LogP contribution in [0.4, 0.5) is 5.82 Å². The summed E-state index contributed by atoms with van der Waals surface area (Å²) >= 11 is 0. The first-order valence-electron chi connectivity index (χ1n) is 11.0. The summed E-state index contributed by atoms with van der Waals surface area (Å²) in [6, 6.07) is 19.8. The van der Waals surface area contributed by atoms with Crippen molar-refractivity contribution in [1.82, 2.24) is 14.5 Å². The van der Waals surface area contributed by atoms with Crippen LogP contribution in [0.5, 0.6) is 0 Å². The molecule has 158 valence electrons. The number of nitriles is 1. The molecule has 1 saturated carbocycles. The lowest BCUT2D eigenvalue weighted by Gasteiger charge is -2.25. The van der Waals surface area contributed by atoms with Gasteiger partial charge in [0.15, 0.2) is 5.65 Å². The molecule has 0 saturated heterocycles. The van der Waals surface area contributed by atoms with E-state index < -0.39 is 0 Å². The number of carbonyl (C=O) groups excluding carboxylic acids is 1. The van der Waals surface area contributed by atoms with Crippen LogP contribution in [0.3, 0.4) is 0 Å². The highest BCUT2D eigenvalue weighted by molar-refractivity contribution is 6.05. The first kappa shape index (κ1) is 20.0. The highest BCUT2D eigenvalue weighted by atomic mass is 16.1. The molecule has 0 radical (unpaired) electrons. The largest absolute Gasteiger partial charge is 0.307 e. The van der Waals surface area contributed by atoms with Gasteiger partial charge in [0, 0.05) is 12.1 Å². The number of nitrogens with zero attached hydrogens (tertiary/aromatic N) is 4. The van der Waals surface area contributed by atoms with E-state index in [2.05, 4.69) is 11.4 Å². The number of hydrogen-bond donors (Lipinski definition) is 1. The number of aromatic nitrogens is 3. The molecule has 1 aliphatic carbocycles. The van der Waals surface area contributed by atoms with Gasteiger partial charge >= 0.3 is 0 Å². The van der Waals surface area contributed by atoms with Crippen LogP contribution >= 0.6 is 0 Å². The van der Waals surface area contributed by atoms with E-state index in [1.165, 1.54) is 12.5 Å². The van der Waals surface area contributed by atoms with Gasteiger partial charge in [-0.05, 0) is 36.6 Å². The molecule has 0 unspecified atom stereocenters. The van der Waals surface area contributed by atoms with Crippen molar-refractivity contribution in [2.24, 2.45) is 0 Å². The number of fused-ring (bicyclic) bond motifs is 2. The molecule has 1 aliphatic rings. The lowest BCUT2D eigenvalue weighted by atomic mass is 9.95. The quantitative estimate of drug-likeness (QED) is 0.434. The first-order valence-corrected chi connectivity index (χ1v) is 11.0. The lowest BCUT2D eigenvalue weighted by Crippen LogP contribution is -2.19. The van der Waals surface area contributed by atoms with Crippen molar-refractivity contribution in [2.45, 2.75) is 38.1 Å². The van der Waals surface area contributed by atoms with Crippen LogP contribution < -0.4 is 5.32 Å². The minimum absolute atomic E-state index is 0.178. The Morgan fingerprint density at radius 1 is 1.00 bits per heavy atom. The van der Waals surface area contributed by atoms with Crippen molar-refractivity contribution in [3.8, 4) is 6.07 Å². The molecule has 5 rings (SSSR count). The first-order chi connectivity index (χ1) is 15.7. The molecule has 2 heterocycles. The summed E-state index contributed by atoms with van der Waals surface area (Å²) in [5, 5.41) is 13.0. The third kappa shape index (κ3) is 3.74. The van der Waals surface area contributed by atoms with Gasteiger partial charge in [-0.2, -0.15) is 5.26 Å². The fourth-order valence-corrected chi connectivity index (χ4v) is 4.48. The molecule has 0 bridgehead atoms. The average Bonchev–Trinajstić information content (AvgIpc) is 3.14. The highest BCUT2D eigenvalue weighted by Crippen LogP contribution is 2.38. The fraction of sp³-hybridized carbons (Fsp3) is 0.231. The van der Waals surface area contributed by atoms with Crippen molar-refractivity contribution in [3.05, 3.63) is 71.8 Å². The zero-order valence-electron chi connectivity index (χ0n) is 17.7. The molecule has 0 aliphatic heterocycles. The van der Waals surface area contributed by atoms with Gasteiger partial charge in [-0.25, -0.2) is 9.97 Å². The summed E-state index contributed by atoms with van der Waals surface area (Å²) in [6.07, 6.45) is 8.69. The van der Waals surface area contributed by atoms with E-state index in [1.807, 2.05) is 59.2 Å². The standard InChI is InChI=1S/C26H23N5O/c27-17-20-24-26(29-22-14-8-7-13-21(22)28-24)31(19-11-5-2-6-12-19)25(20)30-23(32)16-15-18-9-3-1-4-10-18/h1,3-4,7-10,13-16,19H,2,5-6,11-12H2,(H,30,32). The SMILES string of the molecule is N#Cc1c(NC(=O)C=Cc2ccccc2)n(C2CCCCC2)c2nc3ccccc3nc12. The molecule has 2 aromatic heterocycles. The van der Waals surface area contributed by atoms with Crippen LogP contribution in [0.2, 0.25) is 0 Å². The van der Waals surface area contributed by atoms with Crippen molar-refractivity contribution in [2.75, 3.05) is 5.32 Å². The molecule has 4 aromatic rings. The Morgan fingerprint density at radius 3 is 2.41 bits per heavy atom. The van der Waals surface area contributed by atoms with E-state index in [4.69, 9.17) is 9.97 Å². The smallest absolute Gasteiger partial charge is 0.249 e. The van der Waals surface area contributed by atoms with Gasteiger partial charge in [-0.1, -0.05) is 61.7 Å². The van der Waals surface area contributed by atoms with Crippen LogP contribution in [0, 0.1) is 11.3 Å². The second kappa shape index (κ2) is 8.64. The average molecular weight is 422 g/mol. The minimum Gasteiger partial charge on any atom is -0.307 e. The molecule has 0 atom stereocenters. The van der Waals surface area contributed by atoms with Crippen LogP contribution in [0.15, 0.2) is 60.7 Å².